The van der Waals surface area contributed by atoms with Gasteiger partial charge in [0.2, 0.25) is 5.82 Å². The summed E-state index contributed by atoms with van der Waals surface area (Å²) in [6.45, 7) is 2.44. The van der Waals surface area contributed by atoms with Gasteiger partial charge in [0.05, 0.1) is 7.11 Å². The zero-order valence-electron chi connectivity index (χ0n) is 9.72. The molecule has 0 unspecified atom stereocenters. The molecule has 90 valence electrons. The zero-order chi connectivity index (χ0) is 12.1. The van der Waals surface area contributed by atoms with E-state index in [1.54, 1.807) is 6.07 Å². The Balaban J connectivity index is 3.16. The number of aromatic hydroxyl groups is 1. The maximum absolute atomic E-state index is 13.7. The van der Waals surface area contributed by atoms with Gasteiger partial charge in [0.1, 0.15) is 0 Å². The van der Waals surface area contributed by atoms with Crippen LogP contribution in [0.25, 0.3) is 0 Å². The van der Waals surface area contributed by atoms with Crippen molar-refractivity contribution in [3.05, 3.63) is 23.0 Å². The number of aryl methyl sites for hydroxylation is 2. The number of rotatable bonds is 5. The van der Waals surface area contributed by atoms with E-state index in [1.165, 1.54) is 7.11 Å². The van der Waals surface area contributed by atoms with Crippen molar-refractivity contribution in [3.63, 3.8) is 0 Å². The third-order valence-corrected chi connectivity index (χ3v) is 2.59. The minimum atomic E-state index is -0.672. The summed E-state index contributed by atoms with van der Waals surface area (Å²) in [7, 11) is 1.40. The third kappa shape index (κ3) is 2.44. The molecule has 0 aliphatic heterocycles. The van der Waals surface area contributed by atoms with E-state index in [4.69, 9.17) is 10.5 Å². The Kier molecular flexibility index (Phi) is 4.55. The standard InChI is InChI=1S/C12H18FNO2/c1-3-8-7-9(5-4-6-14)11(15)10(13)12(8)16-2/h7,15H,3-6,14H2,1-2H3. The first-order chi connectivity index (χ1) is 7.65. The Labute approximate surface area is 95.0 Å². The molecule has 0 radical (unpaired) electrons. The number of hydrogen-bond donors (Lipinski definition) is 2. The Morgan fingerprint density at radius 1 is 1.44 bits per heavy atom. The molecule has 0 aromatic heterocycles. The lowest BCUT2D eigenvalue weighted by molar-refractivity contribution is 0.358. The highest BCUT2D eigenvalue weighted by Gasteiger charge is 2.17. The Hall–Kier alpha value is -1.29. The average molecular weight is 227 g/mol. The summed E-state index contributed by atoms with van der Waals surface area (Å²) < 4.78 is 18.7. The van der Waals surface area contributed by atoms with E-state index in [1.807, 2.05) is 6.92 Å². The maximum Gasteiger partial charge on any atom is 0.207 e. The molecule has 1 aromatic rings. The SMILES string of the molecule is CCc1cc(CCCN)c(O)c(F)c1OC. The van der Waals surface area contributed by atoms with Gasteiger partial charge in [0.15, 0.2) is 11.5 Å². The largest absolute Gasteiger partial charge is 0.505 e. The van der Waals surface area contributed by atoms with Crippen LogP contribution in [0.2, 0.25) is 0 Å². The van der Waals surface area contributed by atoms with Gasteiger partial charge in [-0.05, 0) is 43.0 Å². The van der Waals surface area contributed by atoms with Crippen LogP contribution in [0.5, 0.6) is 11.5 Å². The number of benzene rings is 1. The van der Waals surface area contributed by atoms with Crippen LogP contribution in [0.1, 0.15) is 24.5 Å². The number of phenolic OH excluding ortho intramolecular Hbond substituents is 1. The highest BCUT2D eigenvalue weighted by Crippen LogP contribution is 2.34. The van der Waals surface area contributed by atoms with Gasteiger partial charge in [0.25, 0.3) is 0 Å². The smallest absolute Gasteiger partial charge is 0.207 e. The molecule has 3 N–H and O–H groups in total. The van der Waals surface area contributed by atoms with Crippen LogP contribution in [-0.2, 0) is 12.8 Å². The van der Waals surface area contributed by atoms with Crippen LogP contribution in [0.15, 0.2) is 6.07 Å². The average Bonchev–Trinajstić information content (AvgIpc) is 2.30. The molecule has 0 atom stereocenters. The molecule has 3 nitrogen and oxygen atoms in total. The van der Waals surface area contributed by atoms with Crippen LogP contribution in [0.4, 0.5) is 4.39 Å². The molecule has 0 aliphatic carbocycles. The molecule has 0 heterocycles. The van der Waals surface area contributed by atoms with Crippen molar-refractivity contribution in [1.29, 1.82) is 0 Å². The zero-order valence-corrected chi connectivity index (χ0v) is 9.72. The van der Waals surface area contributed by atoms with Gasteiger partial charge in [-0.25, -0.2) is 0 Å². The minimum Gasteiger partial charge on any atom is -0.505 e. The lowest BCUT2D eigenvalue weighted by Gasteiger charge is -2.13. The van der Waals surface area contributed by atoms with Gasteiger partial charge < -0.3 is 15.6 Å². The first-order valence-electron chi connectivity index (χ1n) is 5.42. The van der Waals surface area contributed by atoms with Gasteiger partial charge in [-0.3, -0.25) is 0 Å². The fraction of sp³-hybridized carbons (Fsp3) is 0.500. The van der Waals surface area contributed by atoms with E-state index in [0.29, 0.717) is 24.9 Å². The second kappa shape index (κ2) is 5.70. The first kappa shape index (κ1) is 12.8. The van der Waals surface area contributed by atoms with Crippen molar-refractivity contribution in [2.75, 3.05) is 13.7 Å². The fourth-order valence-corrected chi connectivity index (χ4v) is 1.70. The second-order valence-corrected chi connectivity index (χ2v) is 3.64. The van der Waals surface area contributed by atoms with Crippen LogP contribution in [0, 0.1) is 5.82 Å². The van der Waals surface area contributed by atoms with Crippen molar-refractivity contribution in [2.24, 2.45) is 5.73 Å². The van der Waals surface area contributed by atoms with Crippen LogP contribution in [-0.4, -0.2) is 18.8 Å². The molecule has 0 spiro atoms. The minimum absolute atomic E-state index is 0.136. The second-order valence-electron chi connectivity index (χ2n) is 3.64. The Bertz CT molecular complexity index is 367. The lowest BCUT2D eigenvalue weighted by atomic mass is 10.0. The van der Waals surface area contributed by atoms with Gasteiger partial charge in [-0.1, -0.05) is 6.92 Å². The summed E-state index contributed by atoms with van der Waals surface area (Å²) in [5.74, 6) is -0.854. The number of nitrogens with two attached hydrogens (primary N) is 1. The van der Waals surface area contributed by atoms with E-state index >= 15 is 0 Å². The Morgan fingerprint density at radius 2 is 2.12 bits per heavy atom. The van der Waals surface area contributed by atoms with Crippen molar-refractivity contribution in [2.45, 2.75) is 26.2 Å². The molecule has 0 saturated carbocycles. The summed E-state index contributed by atoms with van der Waals surface area (Å²) in [4.78, 5) is 0. The quantitative estimate of drug-likeness (QED) is 0.808. The van der Waals surface area contributed by atoms with E-state index < -0.39 is 5.82 Å². The van der Waals surface area contributed by atoms with Crippen molar-refractivity contribution >= 4 is 0 Å². The number of halogens is 1. The molecule has 0 aliphatic rings. The summed E-state index contributed by atoms with van der Waals surface area (Å²) >= 11 is 0. The van der Waals surface area contributed by atoms with Crippen LogP contribution < -0.4 is 10.5 Å². The number of methoxy groups -OCH3 is 1. The molecule has 0 saturated heterocycles. The van der Waals surface area contributed by atoms with Gasteiger partial charge in [-0.2, -0.15) is 4.39 Å². The maximum atomic E-state index is 13.7. The van der Waals surface area contributed by atoms with E-state index in [-0.39, 0.29) is 11.5 Å². The summed E-state index contributed by atoms with van der Waals surface area (Å²) in [6.07, 6.45) is 1.97. The molecule has 0 fully saturated rings. The normalized spacial score (nSPS) is 10.5. The topological polar surface area (TPSA) is 55.5 Å². The molecule has 0 bridgehead atoms. The Morgan fingerprint density at radius 3 is 2.62 bits per heavy atom. The lowest BCUT2D eigenvalue weighted by Crippen LogP contribution is -2.03. The highest BCUT2D eigenvalue weighted by atomic mass is 19.1. The van der Waals surface area contributed by atoms with Gasteiger partial charge >= 0.3 is 0 Å². The molecule has 4 heteroatoms. The molecule has 0 amide bonds. The van der Waals surface area contributed by atoms with Crippen LogP contribution in [0.3, 0.4) is 0 Å². The van der Waals surface area contributed by atoms with Crippen molar-refractivity contribution < 1.29 is 14.2 Å². The summed E-state index contributed by atoms with van der Waals surface area (Å²) in [5.41, 5.74) is 6.76. The first-order valence-corrected chi connectivity index (χ1v) is 5.42. The van der Waals surface area contributed by atoms with Gasteiger partial charge in [0, 0.05) is 0 Å². The number of phenols is 1. The van der Waals surface area contributed by atoms with E-state index in [2.05, 4.69) is 0 Å². The molecular weight excluding hydrogens is 209 g/mol. The predicted molar refractivity (Wildman–Crippen MR) is 61.4 cm³/mol. The van der Waals surface area contributed by atoms with Gasteiger partial charge in [-0.15, -0.1) is 0 Å². The van der Waals surface area contributed by atoms with E-state index in [9.17, 15) is 9.50 Å². The van der Waals surface area contributed by atoms with E-state index in [0.717, 1.165) is 12.0 Å². The summed E-state index contributed by atoms with van der Waals surface area (Å²) in [5, 5.41) is 9.66. The van der Waals surface area contributed by atoms with Crippen LogP contribution >= 0.6 is 0 Å². The monoisotopic (exact) mass is 227 g/mol. The number of hydrogen-bond acceptors (Lipinski definition) is 3. The highest BCUT2D eigenvalue weighted by molar-refractivity contribution is 5.47. The molecule has 1 aromatic carbocycles. The molecular formula is C12H18FNO2. The fourth-order valence-electron chi connectivity index (χ4n) is 1.70. The molecule has 1 rings (SSSR count). The summed E-state index contributed by atoms with van der Waals surface area (Å²) in [6, 6.07) is 1.78. The predicted octanol–water partition coefficient (Wildman–Crippen LogP) is 1.99. The van der Waals surface area contributed by atoms with Crippen molar-refractivity contribution in [3.8, 4) is 11.5 Å². The third-order valence-electron chi connectivity index (χ3n) is 2.59. The van der Waals surface area contributed by atoms with Crippen molar-refractivity contribution in [1.82, 2.24) is 0 Å². The molecule has 16 heavy (non-hydrogen) atoms. The number of ether oxygens (including phenoxy) is 1.